The normalized spacial score (nSPS) is 11.1. The second-order valence-corrected chi connectivity index (χ2v) is 6.87. The SMILES string of the molecule is CCn1cnc2c1c(=O)n(Cc1ccc([N+](=O)[O-])cc1)c(=O)n2Cc1ccccc1. The Morgan fingerprint density at radius 2 is 1.57 bits per heavy atom. The van der Waals surface area contributed by atoms with Crippen LogP contribution < -0.4 is 11.2 Å². The van der Waals surface area contributed by atoms with E-state index in [9.17, 15) is 19.7 Å². The third kappa shape index (κ3) is 3.41. The molecule has 2 heterocycles. The molecule has 0 saturated carbocycles. The van der Waals surface area contributed by atoms with E-state index in [1.54, 1.807) is 23.0 Å². The van der Waals surface area contributed by atoms with E-state index in [1.165, 1.54) is 16.7 Å². The maximum atomic E-state index is 13.3. The monoisotopic (exact) mass is 405 g/mol. The maximum Gasteiger partial charge on any atom is 0.333 e. The zero-order valence-electron chi connectivity index (χ0n) is 16.3. The van der Waals surface area contributed by atoms with Gasteiger partial charge in [0, 0.05) is 18.7 Å². The number of hydrogen-bond acceptors (Lipinski definition) is 5. The number of nitro benzene ring substituents is 1. The first kappa shape index (κ1) is 19.3. The fraction of sp³-hybridized carbons (Fsp3) is 0.190. The minimum atomic E-state index is -0.491. The van der Waals surface area contributed by atoms with Crippen LogP contribution in [0.4, 0.5) is 5.69 Å². The predicted molar refractivity (Wildman–Crippen MR) is 112 cm³/mol. The van der Waals surface area contributed by atoms with Gasteiger partial charge in [0.25, 0.3) is 11.2 Å². The first-order chi connectivity index (χ1) is 14.5. The molecular weight excluding hydrogens is 386 g/mol. The Balaban J connectivity index is 1.87. The smallest absolute Gasteiger partial charge is 0.325 e. The molecule has 0 spiro atoms. The standard InChI is InChI=1S/C21H19N5O4/c1-2-23-14-22-19-18(23)20(27)25(13-16-8-10-17(11-9-16)26(29)30)21(28)24(19)12-15-6-4-3-5-7-15/h3-11,14H,2,12-13H2,1H3. The van der Waals surface area contributed by atoms with Gasteiger partial charge in [0.2, 0.25) is 0 Å². The second-order valence-electron chi connectivity index (χ2n) is 6.87. The van der Waals surface area contributed by atoms with Crippen LogP contribution in [0.3, 0.4) is 0 Å². The van der Waals surface area contributed by atoms with Gasteiger partial charge in [-0.1, -0.05) is 42.5 Å². The van der Waals surface area contributed by atoms with E-state index in [0.29, 0.717) is 23.3 Å². The number of aryl methyl sites for hydroxylation is 1. The zero-order valence-corrected chi connectivity index (χ0v) is 16.3. The first-order valence-corrected chi connectivity index (χ1v) is 9.45. The van der Waals surface area contributed by atoms with Crippen molar-refractivity contribution in [2.24, 2.45) is 0 Å². The Hall–Kier alpha value is -4.01. The largest absolute Gasteiger partial charge is 0.333 e. The van der Waals surface area contributed by atoms with Crippen molar-refractivity contribution in [2.75, 3.05) is 0 Å². The minimum Gasteiger partial charge on any atom is -0.325 e. The lowest BCUT2D eigenvalue weighted by molar-refractivity contribution is -0.384. The van der Waals surface area contributed by atoms with Gasteiger partial charge in [0.15, 0.2) is 11.2 Å². The highest BCUT2D eigenvalue weighted by Crippen LogP contribution is 2.13. The number of nitrogens with zero attached hydrogens (tertiary/aromatic N) is 5. The lowest BCUT2D eigenvalue weighted by Gasteiger charge is -2.12. The number of aromatic nitrogens is 4. The number of nitro groups is 1. The topological polar surface area (TPSA) is 105 Å². The van der Waals surface area contributed by atoms with Gasteiger partial charge in [0.05, 0.1) is 24.3 Å². The third-order valence-electron chi connectivity index (χ3n) is 5.00. The number of non-ortho nitro benzene ring substituents is 1. The Labute approximate surface area is 170 Å². The van der Waals surface area contributed by atoms with Crippen LogP contribution in [-0.2, 0) is 19.6 Å². The lowest BCUT2D eigenvalue weighted by atomic mass is 10.2. The summed E-state index contributed by atoms with van der Waals surface area (Å²) in [5.74, 6) is 0. The van der Waals surface area contributed by atoms with E-state index < -0.39 is 16.2 Å². The summed E-state index contributed by atoms with van der Waals surface area (Å²) < 4.78 is 4.36. The molecule has 0 radical (unpaired) electrons. The average molecular weight is 405 g/mol. The van der Waals surface area contributed by atoms with Crippen molar-refractivity contribution in [1.82, 2.24) is 18.7 Å². The van der Waals surface area contributed by atoms with E-state index >= 15 is 0 Å². The van der Waals surface area contributed by atoms with E-state index in [1.807, 2.05) is 37.3 Å². The Morgan fingerprint density at radius 3 is 2.20 bits per heavy atom. The van der Waals surface area contributed by atoms with Crippen molar-refractivity contribution in [2.45, 2.75) is 26.6 Å². The van der Waals surface area contributed by atoms with Gasteiger partial charge in [-0.05, 0) is 18.1 Å². The number of rotatable bonds is 6. The lowest BCUT2D eigenvalue weighted by Crippen LogP contribution is -2.41. The molecule has 0 aliphatic carbocycles. The van der Waals surface area contributed by atoms with Gasteiger partial charge in [-0.25, -0.2) is 9.78 Å². The van der Waals surface area contributed by atoms with Crippen molar-refractivity contribution < 1.29 is 4.92 Å². The summed E-state index contributed by atoms with van der Waals surface area (Å²) in [5.41, 5.74) is 1.27. The van der Waals surface area contributed by atoms with Crippen LogP contribution in [-0.4, -0.2) is 23.6 Å². The molecule has 4 rings (SSSR count). The molecule has 2 aromatic heterocycles. The van der Waals surface area contributed by atoms with Gasteiger partial charge in [-0.3, -0.25) is 24.0 Å². The van der Waals surface area contributed by atoms with Gasteiger partial charge < -0.3 is 4.57 Å². The molecule has 0 N–H and O–H groups in total. The zero-order chi connectivity index (χ0) is 21.3. The molecule has 4 aromatic rings. The highest BCUT2D eigenvalue weighted by atomic mass is 16.6. The van der Waals surface area contributed by atoms with Crippen molar-refractivity contribution in [1.29, 1.82) is 0 Å². The van der Waals surface area contributed by atoms with E-state index in [0.717, 1.165) is 10.1 Å². The summed E-state index contributed by atoms with van der Waals surface area (Å²) in [5, 5.41) is 10.9. The van der Waals surface area contributed by atoms with Crippen molar-refractivity contribution in [3.63, 3.8) is 0 Å². The van der Waals surface area contributed by atoms with Gasteiger partial charge >= 0.3 is 5.69 Å². The van der Waals surface area contributed by atoms with Crippen molar-refractivity contribution >= 4 is 16.9 Å². The number of hydrogen-bond donors (Lipinski definition) is 0. The van der Waals surface area contributed by atoms with Crippen LogP contribution in [0.1, 0.15) is 18.1 Å². The highest BCUT2D eigenvalue weighted by Gasteiger charge is 2.18. The summed E-state index contributed by atoms with van der Waals surface area (Å²) in [6.45, 7) is 2.72. The molecule has 2 aromatic carbocycles. The van der Waals surface area contributed by atoms with Gasteiger partial charge in [-0.2, -0.15) is 0 Å². The predicted octanol–water partition coefficient (Wildman–Crippen LogP) is 2.38. The van der Waals surface area contributed by atoms with Crippen molar-refractivity contribution in [3.05, 3.63) is 103 Å². The molecule has 0 amide bonds. The summed E-state index contributed by atoms with van der Waals surface area (Å²) >= 11 is 0. The molecule has 0 aliphatic rings. The molecular formula is C21H19N5O4. The van der Waals surface area contributed by atoms with E-state index in [4.69, 9.17) is 0 Å². The summed E-state index contributed by atoms with van der Waals surface area (Å²) in [7, 11) is 0. The average Bonchev–Trinajstić information content (AvgIpc) is 3.19. The fourth-order valence-corrected chi connectivity index (χ4v) is 3.43. The quantitative estimate of drug-likeness (QED) is 0.362. The van der Waals surface area contributed by atoms with E-state index in [-0.39, 0.29) is 18.8 Å². The first-order valence-electron chi connectivity index (χ1n) is 9.45. The number of benzene rings is 2. The van der Waals surface area contributed by atoms with Gasteiger partial charge in [-0.15, -0.1) is 0 Å². The molecule has 9 heteroatoms. The minimum absolute atomic E-state index is 0.00921. The Kier molecular flexibility index (Phi) is 5.01. The number of imidazole rings is 1. The van der Waals surface area contributed by atoms with Crippen molar-refractivity contribution in [3.8, 4) is 0 Å². The molecule has 0 bridgehead atoms. The molecule has 0 aliphatic heterocycles. The van der Waals surface area contributed by atoms with Crippen LogP contribution >= 0.6 is 0 Å². The molecule has 30 heavy (non-hydrogen) atoms. The number of fused-ring (bicyclic) bond motifs is 1. The van der Waals surface area contributed by atoms with E-state index in [2.05, 4.69) is 4.98 Å². The van der Waals surface area contributed by atoms with Crippen LogP contribution in [0.15, 0.2) is 70.5 Å². The summed E-state index contributed by atoms with van der Waals surface area (Å²) in [6, 6.07) is 15.3. The van der Waals surface area contributed by atoms with Crippen LogP contribution in [0, 0.1) is 10.1 Å². The Bertz CT molecular complexity index is 1330. The second kappa shape index (κ2) is 7.78. The summed E-state index contributed by atoms with van der Waals surface area (Å²) in [4.78, 5) is 41.1. The molecule has 0 atom stereocenters. The van der Waals surface area contributed by atoms with Crippen LogP contribution in [0.5, 0.6) is 0 Å². The molecule has 0 unspecified atom stereocenters. The molecule has 152 valence electrons. The third-order valence-corrected chi connectivity index (χ3v) is 5.00. The van der Waals surface area contributed by atoms with Crippen LogP contribution in [0.2, 0.25) is 0 Å². The van der Waals surface area contributed by atoms with Crippen LogP contribution in [0.25, 0.3) is 11.2 Å². The molecule has 9 nitrogen and oxygen atoms in total. The highest BCUT2D eigenvalue weighted by molar-refractivity contribution is 5.70. The maximum absolute atomic E-state index is 13.3. The summed E-state index contributed by atoms with van der Waals surface area (Å²) in [6.07, 6.45) is 1.56. The Morgan fingerprint density at radius 1 is 0.933 bits per heavy atom. The fourth-order valence-electron chi connectivity index (χ4n) is 3.43. The van der Waals surface area contributed by atoms with Gasteiger partial charge in [0.1, 0.15) is 0 Å². The molecule has 0 saturated heterocycles. The molecule has 0 fully saturated rings.